The van der Waals surface area contributed by atoms with Crippen LogP contribution in [0.4, 0.5) is 18.0 Å². The lowest BCUT2D eigenvalue weighted by Crippen LogP contribution is -2.54. The van der Waals surface area contributed by atoms with Crippen LogP contribution in [0.1, 0.15) is 32.4 Å². The molecule has 31 heavy (non-hydrogen) atoms. The maximum atomic E-state index is 13.2. The maximum absolute atomic E-state index is 13.2. The zero-order valence-corrected chi connectivity index (χ0v) is 17.2. The molecule has 0 unspecified atom stereocenters. The Hall–Kier alpha value is -3.30. The molecule has 164 valence electrons. The van der Waals surface area contributed by atoms with Crippen LogP contribution in [-0.4, -0.2) is 43.8 Å². The lowest BCUT2D eigenvalue weighted by molar-refractivity contribution is -0.137. The molecule has 3 aromatic rings. The first kappa shape index (κ1) is 21.0. The van der Waals surface area contributed by atoms with Crippen molar-refractivity contribution in [2.24, 2.45) is 0 Å². The highest BCUT2D eigenvalue weighted by Gasteiger charge is 2.37. The highest BCUT2D eigenvalue weighted by atomic mass is 19.4. The van der Waals surface area contributed by atoms with Crippen molar-refractivity contribution in [1.29, 1.82) is 0 Å². The normalized spacial score (nSPS) is 15.2. The van der Waals surface area contributed by atoms with E-state index in [-0.39, 0.29) is 19.1 Å². The third-order valence-electron chi connectivity index (χ3n) is 4.96. The van der Waals surface area contributed by atoms with Gasteiger partial charge in [-0.3, -0.25) is 9.13 Å². The number of alkyl halides is 3. The number of imidazole rings is 1. The smallest absolute Gasteiger partial charge is 0.416 e. The number of fused-ring (bicyclic) bond motifs is 1. The van der Waals surface area contributed by atoms with E-state index in [9.17, 15) is 22.8 Å². The van der Waals surface area contributed by atoms with Crippen molar-refractivity contribution in [2.45, 2.75) is 38.6 Å². The van der Waals surface area contributed by atoms with Crippen molar-refractivity contribution in [2.75, 3.05) is 13.1 Å². The molecule has 1 aromatic carbocycles. The Balaban J connectivity index is 1.68. The number of aromatic nitrogens is 3. The molecule has 0 spiro atoms. The summed E-state index contributed by atoms with van der Waals surface area (Å²) in [5.41, 5.74) is -0.665. The summed E-state index contributed by atoms with van der Waals surface area (Å²) in [4.78, 5) is 31.2. The second-order valence-electron chi connectivity index (χ2n) is 8.42. The topological polar surface area (TPSA) is 69.4 Å². The Bertz CT molecular complexity index is 1180. The summed E-state index contributed by atoms with van der Waals surface area (Å²) >= 11 is 0. The number of halogens is 3. The fraction of sp³-hybridized carbons (Fsp3) is 0.381. The van der Waals surface area contributed by atoms with E-state index in [1.54, 1.807) is 39.1 Å². The van der Waals surface area contributed by atoms with Gasteiger partial charge in [0.15, 0.2) is 5.65 Å². The number of ether oxygens (including phenoxy) is 1. The summed E-state index contributed by atoms with van der Waals surface area (Å²) in [6.45, 7) is 5.87. The molecule has 2 aromatic heterocycles. The van der Waals surface area contributed by atoms with Crippen molar-refractivity contribution >= 4 is 17.3 Å². The lowest BCUT2D eigenvalue weighted by Gasteiger charge is -2.39. The molecule has 1 saturated heterocycles. The van der Waals surface area contributed by atoms with Crippen molar-refractivity contribution < 1.29 is 22.7 Å². The summed E-state index contributed by atoms with van der Waals surface area (Å²) in [6.07, 6.45) is -3.38. The summed E-state index contributed by atoms with van der Waals surface area (Å²) in [7, 11) is 0. The minimum atomic E-state index is -4.46. The Kier molecular flexibility index (Phi) is 4.83. The molecule has 4 rings (SSSR count). The third kappa shape index (κ3) is 3.89. The number of hydrogen-bond donors (Lipinski definition) is 0. The maximum Gasteiger partial charge on any atom is 0.416 e. The van der Waals surface area contributed by atoms with E-state index in [0.717, 1.165) is 12.1 Å². The van der Waals surface area contributed by atoms with Crippen LogP contribution in [0.2, 0.25) is 0 Å². The standard InChI is InChI=1S/C21H21F3N4O3/c1-20(2,3)31-19(30)26-11-15(12-26)28-17-16(5-4-10-25-17)27(18(28)29)14-8-6-13(7-9-14)21(22,23)24/h4-10,15H,11-12H2,1-3H3. The second kappa shape index (κ2) is 7.14. The zero-order chi connectivity index (χ0) is 22.6. The number of rotatable bonds is 2. The lowest BCUT2D eigenvalue weighted by atomic mass is 10.1. The first-order chi connectivity index (χ1) is 14.5. The Labute approximate surface area is 175 Å². The van der Waals surface area contributed by atoms with E-state index >= 15 is 0 Å². The van der Waals surface area contributed by atoms with Crippen LogP contribution in [0.15, 0.2) is 47.4 Å². The molecule has 7 nitrogen and oxygen atoms in total. The highest BCUT2D eigenvalue weighted by Crippen LogP contribution is 2.30. The average Bonchev–Trinajstić information content (AvgIpc) is 2.91. The van der Waals surface area contributed by atoms with Crippen molar-refractivity contribution in [3.63, 3.8) is 0 Å². The van der Waals surface area contributed by atoms with E-state index in [1.807, 2.05) is 0 Å². The molecular weight excluding hydrogens is 413 g/mol. The highest BCUT2D eigenvalue weighted by molar-refractivity contribution is 5.75. The molecule has 0 atom stereocenters. The molecule has 0 aliphatic carbocycles. The van der Waals surface area contributed by atoms with Crippen molar-refractivity contribution in [1.82, 2.24) is 19.0 Å². The molecule has 10 heteroatoms. The molecule has 0 N–H and O–H groups in total. The van der Waals surface area contributed by atoms with Crippen LogP contribution < -0.4 is 5.69 Å². The van der Waals surface area contributed by atoms with Gasteiger partial charge in [0.05, 0.1) is 22.8 Å². The number of nitrogens with zero attached hydrogens (tertiary/aromatic N) is 4. The van der Waals surface area contributed by atoms with Gasteiger partial charge < -0.3 is 9.64 Å². The summed E-state index contributed by atoms with van der Waals surface area (Å²) in [6, 6.07) is 7.42. The first-order valence-corrected chi connectivity index (χ1v) is 9.69. The number of carbonyl (C=O) groups excluding carboxylic acids is 1. The number of benzene rings is 1. The number of amides is 1. The molecular formula is C21H21F3N4O3. The number of pyridine rings is 1. The third-order valence-corrected chi connectivity index (χ3v) is 4.96. The first-order valence-electron chi connectivity index (χ1n) is 9.69. The van der Waals surface area contributed by atoms with Gasteiger partial charge in [0.1, 0.15) is 5.60 Å². The second-order valence-corrected chi connectivity index (χ2v) is 8.42. The van der Waals surface area contributed by atoms with Gasteiger partial charge in [-0.2, -0.15) is 13.2 Å². The van der Waals surface area contributed by atoms with Crippen molar-refractivity contribution in [3.05, 3.63) is 58.6 Å². The summed E-state index contributed by atoms with van der Waals surface area (Å²) in [5, 5.41) is 0. The van der Waals surface area contributed by atoms with E-state index in [0.29, 0.717) is 16.9 Å². The average molecular weight is 434 g/mol. The molecule has 0 saturated carbocycles. The van der Waals surface area contributed by atoms with Gasteiger partial charge in [-0.25, -0.2) is 14.6 Å². The number of hydrogen-bond acceptors (Lipinski definition) is 4. The summed E-state index contributed by atoms with van der Waals surface area (Å²) < 4.78 is 46.8. The number of carbonyl (C=O) groups is 1. The van der Waals surface area contributed by atoms with Crippen LogP contribution in [-0.2, 0) is 10.9 Å². The van der Waals surface area contributed by atoms with Crippen LogP contribution in [0.3, 0.4) is 0 Å². The van der Waals surface area contributed by atoms with Gasteiger partial charge in [-0.1, -0.05) is 0 Å². The fourth-order valence-electron chi connectivity index (χ4n) is 3.52. The van der Waals surface area contributed by atoms with E-state index in [4.69, 9.17) is 4.74 Å². The predicted molar refractivity (Wildman–Crippen MR) is 107 cm³/mol. The molecule has 1 fully saturated rings. The van der Waals surface area contributed by atoms with Gasteiger partial charge in [0.2, 0.25) is 0 Å². The van der Waals surface area contributed by atoms with Crippen LogP contribution in [0.25, 0.3) is 16.9 Å². The number of likely N-dealkylation sites (tertiary alicyclic amines) is 1. The van der Waals surface area contributed by atoms with E-state index in [1.165, 1.54) is 26.2 Å². The van der Waals surface area contributed by atoms with Crippen LogP contribution in [0.5, 0.6) is 0 Å². The molecule has 1 aliphatic heterocycles. The quantitative estimate of drug-likeness (QED) is 0.612. The van der Waals surface area contributed by atoms with Crippen LogP contribution in [0, 0.1) is 0 Å². The van der Waals surface area contributed by atoms with Gasteiger partial charge in [0, 0.05) is 19.3 Å². The SMILES string of the molecule is CC(C)(C)OC(=O)N1CC(n2c(=O)n(-c3ccc(C(F)(F)F)cc3)c3cccnc32)C1. The molecule has 3 heterocycles. The molecule has 0 radical (unpaired) electrons. The monoisotopic (exact) mass is 434 g/mol. The largest absolute Gasteiger partial charge is 0.444 e. The van der Waals surface area contributed by atoms with Gasteiger partial charge in [-0.05, 0) is 57.2 Å². The molecule has 0 bridgehead atoms. The minimum Gasteiger partial charge on any atom is -0.444 e. The Morgan fingerprint density at radius 2 is 1.74 bits per heavy atom. The van der Waals surface area contributed by atoms with Crippen LogP contribution >= 0.6 is 0 Å². The van der Waals surface area contributed by atoms with Gasteiger partial charge in [0.25, 0.3) is 0 Å². The van der Waals surface area contributed by atoms with E-state index < -0.39 is 29.1 Å². The molecule has 1 amide bonds. The predicted octanol–water partition coefficient (Wildman–Crippen LogP) is 4.00. The Morgan fingerprint density at radius 3 is 2.32 bits per heavy atom. The zero-order valence-electron chi connectivity index (χ0n) is 17.2. The van der Waals surface area contributed by atoms with Crippen molar-refractivity contribution in [3.8, 4) is 5.69 Å². The Morgan fingerprint density at radius 1 is 1.10 bits per heavy atom. The fourth-order valence-corrected chi connectivity index (χ4v) is 3.52. The summed E-state index contributed by atoms with van der Waals surface area (Å²) in [5.74, 6) is 0. The molecule has 1 aliphatic rings. The van der Waals surface area contributed by atoms with E-state index in [2.05, 4.69) is 4.98 Å². The van der Waals surface area contributed by atoms with Gasteiger partial charge in [-0.15, -0.1) is 0 Å². The minimum absolute atomic E-state index is 0.275. The van der Waals surface area contributed by atoms with Gasteiger partial charge >= 0.3 is 18.0 Å².